The van der Waals surface area contributed by atoms with Crippen LogP contribution in [0, 0.1) is 5.41 Å². The SMILES string of the molecule is CCN(CC)CCn1cc(NC(=O)C2(CN)CC2)cn1. The van der Waals surface area contributed by atoms with Crippen molar-refractivity contribution >= 4 is 11.6 Å². The summed E-state index contributed by atoms with van der Waals surface area (Å²) < 4.78 is 1.87. The minimum atomic E-state index is -0.316. The first kappa shape index (κ1) is 15.0. The number of likely N-dealkylation sites (N-methyl/N-ethyl adjacent to an activating group) is 1. The summed E-state index contributed by atoms with van der Waals surface area (Å²) in [4.78, 5) is 14.4. The smallest absolute Gasteiger partial charge is 0.231 e. The van der Waals surface area contributed by atoms with Crippen molar-refractivity contribution in [3.63, 3.8) is 0 Å². The normalized spacial score (nSPS) is 16.4. The maximum Gasteiger partial charge on any atom is 0.231 e. The fraction of sp³-hybridized carbons (Fsp3) is 0.714. The third-order valence-electron chi connectivity index (χ3n) is 4.16. The van der Waals surface area contributed by atoms with E-state index in [1.165, 1.54) is 0 Å². The van der Waals surface area contributed by atoms with Gasteiger partial charge in [0.1, 0.15) is 0 Å². The molecule has 0 unspecified atom stereocenters. The van der Waals surface area contributed by atoms with E-state index in [4.69, 9.17) is 5.73 Å². The van der Waals surface area contributed by atoms with Gasteiger partial charge in [0.25, 0.3) is 0 Å². The molecule has 0 aliphatic heterocycles. The molecule has 0 radical (unpaired) electrons. The van der Waals surface area contributed by atoms with Gasteiger partial charge in [-0.2, -0.15) is 5.10 Å². The van der Waals surface area contributed by atoms with E-state index in [9.17, 15) is 4.79 Å². The number of nitrogens with one attached hydrogen (secondary N) is 1. The molecule has 2 rings (SSSR count). The predicted molar refractivity (Wildman–Crippen MR) is 79.4 cm³/mol. The van der Waals surface area contributed by atoms with Crippen LogP contribution in [0.2, 0.25) is 0 Å². The van der Waals surface area contributed by atoms with Crippen molar-refractivity contribution in [1.82, 2.24) is 14.7 Å². The number of rotatable bonds is 8. The molecule has 6 nitrogen and oxygen atoms in total. The summed E-state index contributed by atoms with van der Waals surface area (Å²) in [5, 5.41) is 7.20. The number of anilines is 1. The van der Waals surface area contributed by atoms with Gasteiger partial charge < -0.3 is 16.0 Å². The van der Waals surface area contributed by atoms with Crippen molar-refractivity contribution in [2.45, 2.75) is 33.2 Å². The lowest BCUT2D eigenvalue weighted by molar-refractivity contribution is -0.120. The largest absolute Gasteiger partial charge is 0.329 e. The highest BCUT2D eigenvalue weighted by Crippen LogP contribution is 2.45. The summed E-state index contributed by atoms with van der Waals surface area (Å²) in [5.74, 6) is 0.0308. The average Bonchev–Trinajstić information content (AvgIpc) is 3.15. The van der Waals surface area contributed by atoms with Gasteiger partial charge >= 0.3 is 0 Å². The lowest BCUT2D eigenvalue weighted by Crippen LogP contribution is -2.30. The number of carbonyl (C=O) groups is 1. The molecule has 0 bridgehead atoms. The van der Waals surface area contributed by atoms with E-state index < -0.39 is 0 Å². The minimum absolute atomic E-state index is 0.0308. The molecule has 1 aromatic rings. The fourth-order valence-electron chi connectivity index (χ4n) is 2.27. The molecule has 1 aromatic heterocycles. The van der Waals surface area contributed by atoms with Crippen molar-refractivity contribution < 1.29 is 4.79 Å². The van der Waals surface area contributed by atoms with Crippen LogP contribution in [0.5, 0.6) is 0 Å². The first-order valence-electron chi connectivity index (χ1n) is 7.40. The van der Waals surface area contributed by atoms with Crippen LogP contribution in [0.4, 0.5) is 5.69 Å². The van der Waals surface area contributed by atoms with E-state index in [0.29, 0.717) is 6.54 Å². The molecular weight excluding hydrogens is 254 g/mol. The Kier molecular flexibility index (Phi) is 4.77. The zero-order valence-electron chi connectivity index (χ0n) is 12.4. The molecule has 20 heavy (non-hydrogen) atoms. The van der Waals surface area contributed by atoms with E-state index in [1.54, 1.807) is 6.20 Å². The number of nitrogens with zero attached hydrogens (tertiary/aromatic N) is 3. The van der Waals surface area contributed by atoms with E-state index in [0.717, 1.165) is 44.7 Å². The maximum atomic E-state index is 12.1. The van der Waals surface area contributed by atoms with E-state index in [1.807, 2.05) is 10.9 Å². The molecule has 0 aromatic carbocycles. The average molecular weight is 279 g/mol. The van der Waals surface area contributed by atoms with Crippen molar-refractivity contribution in [3.8, 4) is 0 Å². The molecule has 1 saturated carbocycles. The van der Waals surface area contributed by atoms with Crippen LogP contribution in [-0.4, -0.2) is 46.8 Å². The van der Waals surface area contributed by atoms with Crippen molar-refractivity contribution in [1.29, 1.82) is 0 Å². The maximum absolute atomic E-state index is 12.1. The Morgan fingerprint density at radius 3 is 2.75 bits per heavy atom. The Balaban J connectivity index is 1.84. The highest BCUT2D eigenvalue weighted by molar-refractivity contribution is 5.97. The van der Waals surface area contributed by atoms with Crippen LogP contribution in [0.3, 0.4) is 0 Å². The quantitative estimate of drug-likeness (QED) is 0.741. The molecule has 1 heterocycles. The monoisotopic (exact) mass is 279 g/mol. The van der Waals surface area contributed by atoms with Gasteiger partial charge in [-0.15, -0.1) is 0 Å². The lowest BCUT2D eigenvalue weighted by Gasteiger charge is -2.17. The van der Waals surface area contributed by atoms with Crippen molar-refractivity contribution in [3.05, 3.63) is 12.4 Å². The Bertz CT molecular complexity index is 448. The van der Waals surface area contributed by atoms with Gasteiger partial charge in [-0.1, -0.05) is 13.8 Å². The Morgan fingerprint density at radius 1 is 1.50 bits per heavy atom. The summed E-state index contributed by atoms with van der Waals surface area (Å²) in [6, 6.07) is 0. The molecule has 112 valence electrons. The molecule has 6 heteroatoms. The van der Waals surface area contributed by atoms with Gasteiger partial charge in [0, 0.05) is 19.3 Å². The van der Waals surface area contributed by atoms with Crippen molar-refractivity contribution in [2.75, 3.05) is 31.5 Å². The van der Waals surface area contributed by atoms with E-state index in [-0.39, 0.29) is 11.3 Å². The van der Waals surface area contributed by atoms with Gasteiger partial charge in [-0.25, -0.2) is 0 Å². The van der Waals surface area contributed by atoms with Crippen LogP contribution in [0.1, 0.15) is 26.7 Å². The van der Waals surface area contributed by atoms with Gasteiger partial charge in [0.2, 0.25) is 5.91 Å². The second-order valence-corrected chi connectivity index (χ2v) is 5.46. The van der Waals surface area contributed by atoms with Gasteiger partial charge in [0.15, 0.2) is 0 Å². The number of aromatic nitrogens is 2. The highest BCUT2D eigenvalue weighted by Gasteiger charge is 2.48. The van der Waals surface area contributed by atoms with E-state index >= 15 is 0 Å². The van der Waals surface area contributed by atoms with Crippen LogP contribution in [0.15, 0.2) is 12.4 Å². The summed E-state index contributed by atoms with van der Waals surface area (Å²) in [7, 11) is 0. The second kappa shape index (κ2) is 6.37. The van der Waals surface area contributed by atoms with Crippen LogP contribution < -0.4 is 11.1 Å². The first-order valence-corrected chi connectivity index (χ1v) is 7.40. The van der Waals surface area contributed by atoms with Gasteiger partial charge in [-0.05, 0) is 25.9 Å². The summed E-state index contributed by atoms with van der Waals surface area (Å²) in [6.07, 6.45) is 5.37. The topological polar surface area (TPSA) is 76.2 Å². The Labute approximate surface area is 120 Å². The van der Waals surface area contributed by atoms with Gasteiger partial charge in [-0.3, -0.25) is 9.48 Å². The molecule has 1 amide bonds. The molecule has 0 atom stereocenters. The van der Waals surface area contributed by atoms with Crippen molar-refractivity contribution in [2.24, 2.45) is 11.1 Å². The minimum Gasteiger partial charge on any atom is -0.329 e. The zero-order valence-corrected chi connectivity index (χ0v) is 12.4. The summed E-state index contributed by atoms with van der Waals surface area (Å²) >= 11 is 0. The van der Waals surface area contributed by atoms with E-state index in [2.05, 4.69) is 29.2 Å². The van der Waals surface area contributed by atoms with Crippen LogP contribution in [0.25, 0.3) is 0 Å². The molecule has 1 aliphatic rings. The van der Waals surface area contributed by atoms with Gasteiger partial charge in [0.05, 0.1) is 23.8 Å². The molecular formula is C14H25N5O. The first-order chi connectivity index (χ1) is 9.63. The molecule has 0 spiro atoms. The Morgan fingerprint density at radius 2 is 2.20 bits per heavy atom. The number of hydrogen-bond acceptors (Lipinski definition) is 4. The lowest BCUT2D eigenvalue weighted by atomic mass is 10.1. The Hall–Kier alpha value is -1.40. The third-order valence-corrected chi connectivity index (χ3v) is 4.16. The zero-order chi connectivity index (χ0) is 14.6. The third kappa shape index (κ3) is 3.37. The molecule has 1 fully saturated rings. The summed E-state index contributed by atoms with van der Waals surface area (Å²) in [6.45, 7) is 8.62. The molecule has 3 N–H and O–H groups in total. The van der Waals surface area contributed by atoms with Crippen LogP contribution >= 0.6 is 0 Å². The highest BCUT2D eigenvalue weighted by atomic mass is 16.2. The predicted octanol–water partition coefficient (Wildman–Crippen LogP) is 0.902. The standard InChI is InChI=1S/C14H25N5O/c1-3-18(4-2)7-8-19-10-12(9-16-19)17-13(20)14(11-15)5-6-14/h9-10H,3-8,11,15H2,1-2H3,(H,17,20). The number of nitrogens with two attached hydrogens (primary N) is 1. The molecule has 1 aliphatic carbocycles. The summed E-state index contributed by atoms with van der Waals surface area (Å²) in [5.41, 5.74) is 6.10. The number of carbonyl (C=O) groups excluding carboxylic acids is 1. The molecule has 0 saturated heterocycles. The second-order valence-electron chi connectivity index (χ2n) is 5.46. The fourth-order valence-corrected chi connectivity index (χ4v) is 2.27. The van der Waals surface area contributed by atoms with Crippen LogP contribution in [-0.2, 0) is 11.3 Å². The number of hydrogen-bond donors (Lipinski definition) is 2. The number of amides is 1.